The van der Waals surface area contributed by atoms with Gasteiger partial charge in [-0.05, 0) is 31.2 Å². The molecule has 1 atom stereocenters. The van der Waals surface area contributed by atoms with Gasteiger partial charge in [0, 0.05) is 17.5 Å². The number of aromatic nitrogens is 3. The normalized spacial score (nSPS) is 11.6. The van der Waals surface area contributed by atoms with E-state index in [1.54, 1.807) is 38.4 Å². The van der Waals surface area contributed by atoms with Crippen LogP contribution >= 0.6 is 0 Å². The molecule has 0 fully saturated rings. The minimum Gasteiger partial charge on any atom is -0.497 e. The molecule has 0 amide bonds. The van der Waals surface area contributed by atoms with Gasteiger partial charge in [-0.25, -0.2) is 4.98 Å². The molecule has 0 aliphatic carbocycles. The molecule has 2 aromatic heterocycles. The lowest BCUT2D eigenvalue weighted by Crippen LogP contribution is -2.14. The summed E-state index contributed by atoms with van der Waals surface area (Å²) in [5.41, 5.74) is 2.07. The number of H-pyrrole nitrogens is 1. The number of Topliss-reactive ketones (excluding diaryl/α,β-unsaturated/α-hetero) is 1. The Bertz CT molecular complexity index is 942. The van der Waals surface area contributed by atoms with E-state index in [1.165, 1.54) is 0 Å². The molecule has 2 heterocycles. The summed E-state index contributed by atoms with van der Waals surface area (Å²) in [5.74, 6) is -0.106. The molecule has 25 heavy (non-hydrogen) atoms. The van der Waals surface area contributed by atoms with Gasteiger partial charge in [0.05, 0.1) is 18.9 Å². The number of nitrogens with one attached hydrogen (secondary N) is 1. The van der Waals surface area contributed by atoms with Crippen molar-refractivity contribution in [3.8, 4) is 23.2 Å². The van der Waals surface area contributed by atoms with E-state index < -0.39 is 5.92 Å². The molecular weight excluding hydrogens is 316 g/mol. The first-order valence-electron chi connectivity index (χ1n) is 7.70. The zero-order valence-electron chi connectivity index (χ0n) is 13.9. The van der Waals surface area contributed by atoms with Crippen LogP contribution < -0.4 is 4.74 Å². The minimum atomic E-state index is -0.985. The molecule has 0 bridgehead atoms. The van der Waals surface area contributed by atoms with Crippen LogP contribution in [0.25, 0.3) is 11.4 Å². The van der Waals surface area contributed by atoms with Crippen molar-refractivity contribution >= 4 is 5.78 Å². The lowest BCUT2D eigenvalue weighted by atomic mass is 9.98. The molecule has 3 aromatic rings. The molecule has 1 aromatic carbocycles. The first-order chi connectivity index (χ1) is 12.1. The van der Waals surface area contributed by atoms with Crippen LogP contribution in [0.5, 0.6) is 5.75 Å². The highest BCUT2D eigenvalue weighted by molar-refractivity contribution is 6.02. The quantitative estimate of drug-likeness (QED) is 0.724. The van der Waals surface area contributed by atoms with Crippen LogP contribution in [0.3, 0.4) is 0 Å². The molecule has 124 valence electrons. The Morgan fingerprint density at radius 3 is 2.80 bits per heavy atom. The Balaban J connectivity index is 1.97. The number of ether oxygens (including phenoxy) is 1. The largest absolute Gasteiger partial charge is 0.497 e. The Morgan fingerprint density at radius 1 is 1.28 bits per heavy atom. The van der Waals surface area contributed by atoms with Gasteiger partial charge < -0.3 is 9.72 Å². The number of ketones is 1. The second-order valence-electron chi connectivity index (χ2n) is 5.47. The second kappa shape index (κ2) is 6.97. The third kappa shape index (κ3) is 3.26. The molecule has 0 saturated carbocycles. The number of hydrogen-bond acceptors (Lipinski definition) is 5. The van der Waals surface area contributed by atoms with Gasteiger partial charge in [0.25, 0.3) is 0 Å². The molecule has 3 rings (SSSR count). The standard InChI is InChI=1S/C19H16N4O2/c1-12-17(18(24)15(11-20)16-8-3-4-9-21-16)23-19(22-12)13-6-5-7-14(10-13)25-2/h3-10,15H,1-2H3,(H,22,23). The van der Waals surface area contributed by atoms with E-state index in [4.69, 9.17) is 4.74 Å². The van der Waals surface area contributed by atoms with Gasteiger partial charge >= 0.3 is 0 Å². The van der Waals surface area contributed by atoms with Crippen LogP contribution in [0.1, 0.15) is 27.8 Å². The molecular formula is C19H16N4O2. The van der Waals surface area contributed by atoms with Crippen molar-refractivity contribution in [2.24, 2.45) is 0 Å². The SMILES string of the molecule is COc1cccc(-c2nc(C(=O)C(C#N)c3ccccn3)c(C)[nH]2)c1. The smallest absolute Gasteiger partial charge is 0.206 e. The van der Waals surface area contributed by atoms with Crippen LogP contribution in [0.15, 0.2) is 48.7 Å². The lowest BCUT2D eigenvalue weighted by molar-refractivity contribution is 0.0972. The molecule has 0 radical (unpaired) electrons. The highest BCUT2D eigenvalue weighted by Gasteiger charge is 2.27. The number of nitriles is 1. The fourth-order valence-corrected chi connectivity index (χ4v) is 2.55. The molecule has 0 spiro atoms. The number of rotatable bonds is 5. The van der Waals surface area contributed by atoms with Crippen LogP contribution in [-0.2, 0) is 0 Å². The highest BCUT2D eigenvalue weighted by Crippen LogP contribution is 2.25. The summed E-state index contributed by atoms with van der Waals surface area (Å²) in [6.07, 6.45) is 1.56. The maximum atomic E-state index is 12.8. The molecule has 0 saturated heterocycles. The maximum absolute atomic E-state index is 12.8. The maximum Gasteiger partial charge on any atom is 0.206 e. The zero-order chi connectivity index (χ0) is 17.8. The van der Waals surface area contributed by atoms with Crippen LogP contribution in [0.2, 0.25) is 0 Å². The van der Waals surface area contributed by atoms with Crippen molar-refractivity contribution in [1.82, 2.24) is 15.0 Å². The number of methoxy groups -OCH3 is 1. The molecule has 6 heteroatoms. The van der Waals surface area contributed by atoms with Crippen molar-refractivity contribution in [3.63, 3.8) is 0 Å². The summed E-state index contributed by atoms with van der Waals surface area (Å²) >= 11 is 0. The van der Waals surface area contributed by atoms with E-state index >= 15 is 0 Å². The van der Waals surface area contributed by atoms with Gasteiger partial charge in [-0.1, -0.05) is 18.2 Å². The van der Waals surface area contributed by atoms with E-state index in [9.17, 15) is 10.1 Å². The topological polar surface area (TPSA) is 91.7 Å². The summed E-state index contributed by atoms with van der Waals surface area (Å²) in [5, 5.41) is 9.43. The first-order valence-corrected chi connectivity index (χ1v) is 7.70. The molecule has 0 aliphatic heterocycles. The third-order valence-electron chi connectivity index (χ3n) is 3.84. The van der Waals surface area contributed by atoms with Crippen molar-refractivity contribution in [2.75, 3.05) is 7.11 Å². The number of benzene rings is 1. The fraction of sp³-hybridized carbons (Fsp3) is 0.158. The number of carbonyl (C=O) groups excluding carboxylic acids is 1. The van der Waals surface area contributed by atoms with E-state index in [1.807, 2.05) is 30.3 Å². The first kappa shape index (κ1) is 16.4. The predicted octanol–water partition coefficient (Wildman–Crippen LogP) is 3.28. The van der Waals surface area contributed by atoms with Gasteiger partial charge in [-0.15, -0.1) is 0 Å². The van der Waals surface area contributed by atoms with Crippen LogP contribution in [0.4, 0.5) is 0 Å². The van der Waals surface area contributed by atoms with Gasteiger partial charge in [0.2, 0.25) is 5.78 Å². The van der Waals surface area contributed by atoms with Crippen LogP contribution in [0, 0.1) is 18.3 Å². The highest BCUT2D eigenvalue weighted by atomic mass is 16.5. The summed E-state index contributed by atoms with van der Waals surface area (Å²) in [4.78, 5) is 24.4. The fourth-order valence-electron chi connectivity index (χ4n) is 2.55. The molecule has 6 nitrogen and oxygen atoms in total. The van der Waals surface area contributed by atoms with E-state index in [-0.39, 0.29) is 11.5 Å². The van der Waals surface area contributed by atoms with Gasteiger partial charge in [-0.2, -0.15) is 5.26 Å². The Kier molecular flexibility index (Phi) is 4.57. The van der Waals surface area contributed by atoms with E-state index in [0.717, 1.165) is 5.56 Å². The average molecular weight is 332 g/mol. The average Bonchev–Trinajstić information content (AvgIpc) is 3.05. The number of imidazole rings is 1. The third-order valence-corrected chi connectivity index (χ3v) is 3.84. The summed E-state index contributed by atoms with van der Waals surface area (Å²) in [6.45, 7) is 1.76. The summed E-state index contributed by atoms with van der Waals surface area (Å²) in [7, 11) is 1.59. The Hall–Kier alpha value is -3.46. The zero-order valence-corrected chi connectivity index (χ0v) is 13.9. The van der Waals surface area contributed by atoms with Crippen molar-refractivity contribution in [2.45, 2.75) is 12.8 Å². The van der Waals surface area contributed by atoms with Crippen molar-refractivity contribution < 1.29 is 9.53 Å². The van der Waals surface area contributed by atoms with E-state index in [0.29, 0.717) is 23.0 Å². The Labute approximate surface area is 145 Å². The lowest BCUT2D eigenvalue weighted by Gasteiger charge is -2.06. The number of aromatic amines is 1. The van der Waals surface area contributed by atoms with Crippen LogP contribution in [-0.4, -0.2) is 27.8 Å². The predicted molar refractivity (Wildman–Crippen MR) is 92.2 cm³/mol. The molecule has 0 aliphatic rings. The van der Waals surface area contributed by atoms with E-state index in [2.05, 4.69) is 15.0 Å². The Morgan fingerprint density at radius 2 is 2.12 bits per heavy atom. The monoisotopic (exact) mass is 332 g/mol. The summed E-state index contributed by atoms with van der Waals surface area (Å²) < 4.78 is 5.21. The number of nitrogens with zero attached hydrogens (tertiary/aromatic N) is 3. The molecule has 1 N–H and O–H groups in total. The van der Waals surface area contributed by atoms with Gasteiger partial charge in [0.15, 0.2) is 5.92 Å². The second-order valence-corrected chi connectivity index (χ2v) is 5.47. The van der Waals surface area contributed by atoms with Gasteiger partial charge in [0.1, 0.15) is 17.3 Å². The summed E-state index contributed by atoms with van der Waals surface area (Å²) in [6, 6.07) is 14.6. The number of aryl methyl sites for hydroxylation is 1. The number of pyridine rings is 1. The van der Waals surface area contributed by atoms with Crippen molar-refractivity contribution in [1.29, 1.82) is 5.26 Å². The number of hydrogen-bond donors (Lipinski definition) is 1. The van der Waals surface area contributed by atoms with Gasteiger partial charge in [-0.3, -0.25) is 9.78 Å². The van der Waals surface area contributed by atoms with Crippen molar-refractivity contribution in [3.05, 3.63) is 65.7 Å². The molecule has 1 unspecified atom stereocenters. The minimum absolute atomic E-state index is 0.245. The number of carbonyl (C=O) groups is 1.